The van der Waals surface area contributed by atoms with E-state index in [1.165, 1.54) is 6.20 Å². The number of methoxy groups -OCH3 is 1. The number of hydrogen-bond donors (Lipinski definition) is 2. The van der Waals surface area contributed by atoms with Crippen molar-refractivity contribution in [2.24, 2.45) is 0 Å². The summed E-state index contributed by atoms with van der Waals surface area (Å²) in [4.78, 5) is 27.4. The van der Waals surface area contributed by atoms with E-state index in [4.69, 9.17) is 4.74 Å². The van der Waals surface area contributed by atoms with Crippen LogP contribution in [-0.2, 0) is 0 Å². The van der Waals surface area contributed by atoms with E-state index >= 15 is 0 Å². The van der Waals surface area contributed by atoms with Gasteiger partial charge in [-0.05, 0) is 23.8 Å². The number of H-pyrrole nitrogens is 1. The summed E-state index contributed by atoms with van der Waals surface area (Å²) in [5, 5.41) is 2.74. The Morgan fingerprint density at radius 1 is 1.04 bits per heavy atom. The van der Waals surface area contributed by atoms with Crippen molar-refractivity contribution in [3.8, 4) is 16.9 Å². The molecule has 5 nitrogen and oxygen atoms in total. The number of nitrogens with one attached hydrogen (secondary N) is 2. The molecule has 2 aromatic carbocycles. The molecule has 24 heavy (non-hydrogen) atoms. The van der Waals surface area contributed by atoms with Crippen LogP contribution in [0.3, 0.4) is 0 Å². The lowest BCUT2D eigenvalue weighted by Gasteiger charge is -2.10. The molecule has 0 unspecified atom stereocenters. The normalized spacial score (nSPS) is 10.2. The first-order valence-electron chi connectivity index (χ1n) is 7.41. The fourth-order valence-electron chi connectivity index (χ4n) is 2.46. The number of benzene rings is 2. The molecule has 0 bridgehead atoms. The van der Waals surface area contributed by atoms with Gasteiger partial charge in [0.15, 0.2) is 0 Å². The van der Waals surface area contributed by atoms with Crippen LogP contribution >= 0.6 is 0 Å². The maximum absolute atomic E-state index is 12.7. The molecule has 0 spiro atoms. The second-order valence-corrected chi connectivity index (χ2v) is 5.15. The molecule has 1 amide bonds. The number of anilines is 1. The largest absolute Gasteiger partial charge is 0.497 e. The van der Waals surface area contributed by atoms with Crippen LogP contribution < -0.4 is 15.6 Å². The lowest BCUT2D eigenvalue weighted by Crippen LogP contribution is -2.24. The molecule has 0 fully saturated rings. The Morgan fingerprint density at radius 2 is 1.83 bits per heavy atom. The highest BCUT2D eigenvalue weighted by molar-refractivity contribution is 6.08. The van der Waals surface area contributed by atoms with Crippen LogP contribution in [0.4, 0.5) is 5.69 Å². The van der Waals surface area contributed by atoms with E-state index in [1.54, 1.807) is 37.4 Å². The van der Waals surface area contributed by atoms with Crippen LogP contribution in [0.1, 0.15) is 10.4 Å². The van der Waals surface area contributed by atoms with Gasteiger partial charge in [0.05, 0.1) is 7.11 Å². The minimum atomic E-state index is -0.469. The molecule has 1 aromatic heterocycles. The topological polar surface area (TPSA) is 71.2 Å². The van der Waals surface area contributed by atoms with E-state index < -0.39 is 11.5 Å². The lowest BCUT2D eigenvalue weighted by molar-refractivity contribution is 0.102. The van der Waals surface area contributed by atoms with Crippen LogP contribution in [0.5, 0.6) is 5.75 Å². The van der Waals surface area contributed by atoms with Gasteiger partial charge >= 0.3 is 0 Å². The number of rotatable bonds is 4. The summed E-state index contributed by atoms with van der Waals surface area (Å²) in [7, 11) is 1.55. The molecule has 0 atom stereocenters. The first-order valence-corrected chi connectivity index (χ1v) is 7.41. The minimum absolute atomic E-state index is 0.0755. The van der Waals surface area contributed by atoms with Gasteiger partial charge < -0.3 is 15.0 Å². The zero-order chi connectivity index (χ0) is 16.9. The standard InChI is InChI=1S/C19H16N2O3/c1-24-15-9-5-8-14(12-15)21-19(23)17-16(10-11-20-18(17)22)13-6-3-2-4-7-13/h2-12H,1H3,(H,20,22)(H,21,23). The first-order chi connectivity index (χ1) is 11.7. The zero-order valence-electron chi connectivity index (χ0n) is 13.1. The smallest absolute Gasteiger partial charge is 0.261 e. The summed E-state index contributed by atoms with van der Waals surface area (Å²) in [6.45, 7) is 0. The number of aromatic nitrogens is 1. The predicted molar refractivity (Wildman–Crippen MR) is 93.4 cm³/mol. The third kappa shape index (κ3) is 3.20. The Hall–Kier alpha value is -3.34. The molecule has 0 radical (unpaired) electrons. The molecule has 0 aliphatic heterocycles. The Balaban J connectivity index is 1.99. The molecule has 3 aromatic rings. The molecule has 1 heterocycles. The van der Waals surface area contributed by atoms with Crippen molar-refractivity contribution in [1.29, 1.82) is 0 Å². The zero-order valence-corrected chi connectivity index (χ0v) is 13.1. The third-order valence-corrected chi connectivity index (χ3v) is 3.60. The molecule has 2 N–H and O–H groups in total. The molecule has 0 saturated carbocycles. The number of carbonyl (C=O) groups is 1. The van der Waals surface area contributed by atoms with Crippen molar-refractivity contribution in [2.75, 3.05) is 12.4 Å². The summed E-state index contributed by atoms with van der Waals surface area (Å²) >= 11 is 0. The first kappa shape index (κ1) is 15.6. The SMILES string of the molecule is COc1cccc(NC(=O)c2c(-c3ccccc3)cc[nH]c2=O)c1. The summed E-state index contributed by atoms with van der Waals surface area (Å²) in [6.07, 6.45) is 1.53. The van der Waals surface area contributed by atoms with E-state index in [0.29, 0.717) is 17.0 Å². The van der Waals surface area contributed by atoms with Gasteiger partial charge in [-0.1, -0.05) is 36.4 Å². The summed E-state index contributed by atoms with van der Waals surface area (Å²) < 4.78 is 5.14. The monoisotopic (exact) mass is 320 g/mol. The van der Waals surface area contributed by atoms with Crippen molar-refractivity contribution < 1.29 is 9.53 Å². The van der Waals surface area contributed by atoms with Crippen molar-refractivity contribution in [3.63, 3.8) is 0 Å². The number of pyridine rings is 1. The van der Waals surface area contributed by atoms with Gasteiger partial charge in [-0.3, -0.25) is 9.59 Å². The van der Waals surface area contributed by atoms with Gasteiger partial charge in [0.2, 0.25) is 0 Å². The maximum Gasteiger partial charge on any atom is 0.261 e. The number of amides is 1. The van der Waals surface area contributed by atoms with E-state index in [1.807, 2.05) is 30.3 Å². The van der Waals surface area contributed by atoms with Crippen molar-refractivity contribution in [1.82, 2.24) is 4.98 Å². The van der Waals surface area contributed by atoms with E-state index in [2.05, 4.69) is 10.3 Å². The molecule has 0 saturated heterocycles. The average Bonchev–Trinajstić information content (AvgIpc) is 2.62. The number of aromatic amines is 1. The highest BCUT2D eigenvalue weighted by Gasteiger charge is 2.17. The van der Waals surface area contributed by atoms with E-state index in [-0.39, 0.29) is 5.56 Å². The third-order valence-electron chi connectivity index (χ3n) is 3.60. The van der Waals surface area contributed by atoms with Crippen LogP contribution in [0.2, 0.25) is 0 Å². The molecular formula is C19H16N2O3. The second kappa shape index (κ2) is 6.83. The van der Waals surface area contributed by atoms with Gasteiger partial charge in [0, 0.05) is 23.5 Å². The van der Waals surface area contributed by atoms with Crippen LogP contribution in [-0.4, -0.2) is 18.0 Å². The Kier molecular flexibility index (Phi) is 4.43. The van der Waals surface area contributed by atoms with Gasteiger partial charge in [-0.25, -0.2) is 0 Å². The summed E-state index contributed by atoms with van der Waals surface area (Å²) in [5.41, 5.74) is 1.59. The maximum atomic E-state index is 12.7. The van der Waals surface area contributed by atoms with Gasteiger partial charge in [0.25, 0.3) is 11.5 Å². The number of hydrogen-bond acceptors (Lipinski definition) is 3. The molecule has 3 rings (SSSR count). The quantitative estimate of drug-likeness (QED) is 0.775. The van der Waals surface area contributed by atoms with E-state index in [9.17, 15) is 9.59 Å². The van der Waals surface area contributed by atoms with Gasteiger partial charge in [-0.15, -0.1) is 0 Å². The van der Waals surface area contributed by atoms with Gasteiger partial charge in [0.1, 0.15) is 11.3 Å². The fourth-order valence-corrected chi connectivity index (χ4v) is 2.46. The highest BCUT2D eigenvalue weighted by atomic mass is 16.5. The molecular weight excluding hydrogens is 304 g/mol. The summed E-state index contributed by atoms with van der Waals surface area (Å²) in [5.74, 6) is 0.155. The average molecular weight is 320 g/mol. The Bertz CT molecular complexity index is 917. The highest BCUT2D eigenvalue weighted by Crippen LogP contribution is 2.22. The Labute approximate surface area is 138 Å². The van der Waals surface area contributed by atoms with E-state index in [0.717, 1.165) is 5.56 Å². The summed E-state index contributed by atoms with van der Waals surface area (Å²) in [6, 6.07) is 18.0. The predicted octanol–water partition coefficient (Wildman–Crippen LogP) is 3.30. The minimum Gasteiger partial charge on any atom is -0.497 e. The van der Waals surface area contributed by atoms with Crippen molar-refractivity contribution in [3.05, 3.63) is 82.8 Å². The molecule has 0 aliphatic rings. The molecule has 120 valence electrons. The van der Waals surface area contributed by atoms with Crippen LogP contribution in [0, 0.1) is 0 Å². The number of ether oxygens (including phenoxy) is 1. The fraction of sp³-hybridized carbons (Fsp3) is 0.0526. The van der Waals surface area contributed by atoms with Crippen molar-refractivity contribution in [2.45, 2.75) is 0 Å². The lowest BCUT2D eigenvalue weighted by atomic mass is 10.0. The Morgan fingerprint density at radius 3 is 2.58 bits per heavy atom. The molecule has 5 heteroatoms. The van der Waals surface area contributed by atoms with Gasteiger partial charge in [-0.2, -0.15) is 0 Å². The van der Waals surface area contributed by atoms with Crippen LogP contribution in [0.25, 0.3) is 11.1 Å². The van der Waals surface area contributed by atoms with Crippen molar-refractivity contribution >= 4 is 11.6 Å². The second-order valence-electron chi connectivity index (χ2n) is 5.15. The van der Waals surface area contributed by atoms with Crippen LogP contribution in [0.15, 0.2) is 71.7 Å². The molecule has 0 aliphatic carbocycles. The number of carbonyl (C=O) groups excluding carboxylic acids is 1.